The Morgan fingerprint density at radius 2 is 1.90 bits per heavy atom. The number of aliphatic hydroxyl groups excluding tert-OH is 1. The number of benzene rings is 1. The van der Waals surface area contributed by atoms with Crippen molar-refractivity contribution in [1.82, 2.24) is 0 Å². The van der Waals surface area contributed by atoms with Crippen molar-refractivity contribution >= 4 is 10.8 Å². The molecule has 1 aliphatic rings. The molecule has 1 saturated heterocycles. The van der Waals surface area contributed by atoms with Crippen molar-refractivity contribution in [2.45, 2.75) is 49.9 Å². The van der Waals surface area contributed by atoms with Gasteiger partial charge in [-0.05, 0) is 38.8 Å². The highest BCUT2D eigenvalue weighted by Crippen LogP contribution is 2.25. The third-order valence-corrected chi connectivity index (χ3v) is 5.18. The SMILES string of the molecule is Cc1ccc([S@@](=O)C[C@H](O)CCCC2(C)OCCO2)cc1. The monoisotopic (exact) mass is 312 g/mol. The summed E-state index contributed by atoms with van der Waals surface area (Å²) in [6.07, 6.45) is 1.60. The minimum absolute atomic E-state index is 0.279. The number of rotatable bonds is 7. The van der Waals surface area contributed by atoms with E-state index in [1.54, 1.807) is 0 Å². The van der Waals surface area contributed by atoms with Crippen molar-refractivity contribution in [2.24, 2.45) is 0 Å². The molecule has 2 atom stereocenters. The van der Waals surface area contributed by atoms with E-state index in [4.69, 9.17) is 9.47 Å². The van der Waals surface area contributed by atoms with Gasteiger partial charge in [-0.25, -0.2) is 0 Å². The summed E-state index contributed by atoms with van der Waals surface area (Å²) in [6, 6.07) is 7.60. The zero-order valence-corrected chi connectivity index (χ0v) is 13.5. The smallest absolute Gasteiger partial charge is 0.165 e. The molecule has 1 aromatic carbocycles. The lowest BCUT2D eigenvalue weighted by atomic mass is 10.1. The van der Waals surface area contributed by atoms with Crippen molar-refractivity contribution < 1.29 is 18.8 Å². The number of aryl methyl sites for hydroxylation is 1. The Morgan fingerprint density at radius 3 is 2.52 bits per heavy atom. The highest BCUT2D eigenvalue weighted by atomic mass is 32.2. The molecule has 2 rings (SSSR count). The van der Waals surface area contributed by atoms with Crippen LogP contribution in [0.25, 0.3) is 0 Å². The molecule has 0 amide bonds. The molecule has 4 nitrogen and oxygen atoms in total. The summed E-state index contributed by atoms with van der Waals surface area (Å²) in [5, 5.41) is 10.0. The van der Waals surface area contributed by atoms with E-state index in [1.807, 2.05) is 38.1 Å². The van der Waals surface area contributed by atoms with Crippen molar-refractivity contribution in [3.8, 4) is 0 Å². The minimum Gasteiger partial charge on any atom is -0.392 e. The molecule has 1 heterocycles. The lowest BCUT2D eigenvalue weighted by Gasteiger charge is -2.22. The molecule has 0 spiro atoms. The van der Waals surface area contributed by atoms with Gasteiger partial charge in [0.05, 0.1) is 35.9 Å². The first-order valence-corrected chi connectivity index (χ1v) is 8.71. The Labute approximate surface area is 128 Å². The summed E-state index contributed by atoms with van der Waals surface area (Å²) in [5.41, 5.74) is 1.14. The van der Waals surface area contributed by atoms with Gasteiger partial charge in [0.15, 0.2) is 5.79 Å². The molecular weight excluding hydrogens is 288 g/mol. The fourth-order valence-electron chi connectivity index (χ4n) is 2.40. The lowest BCUT2D eigenvalue weighted by Crippen LogP contribution is -2.26. The maximum Gasteiger partial charge on any atom is 0.165 e. The van der Waals surface area contributed by atoms with Gasteiger partial charge in [-0.3, -0.25) is 4.21 Å². The molecule has 0 aromatic heterocycles. The van der Waals surface area contributed by atoms with Gasteiger partial charge in [0.2, 0.25) is 0 Å². The van der Waals surface area contributed by atoms with Crippen LogP contribution in [-0.4, -0.2) is 40.2 Å². The van der Waals surface area contributed by atoms with Crippen LogP contribution in [0.5, 0.6) is 0 Å². The number of ether oxygens (including phenoxy) is 2. The van der Waals surface area contributed by atoms with Crippen LogP contribution in [0.15, 0.2) is 29.2 Å². The Balaban J connectivity index is 1.72. The average Bonchev–Trinajstić information content (AvgIpc) is 2.86. The minimum atomic E-state index is -1.15. The molecule has 0 bridgehead atoms. The van der Waals surface area contributed by atoms with Crippen LogP contribution in [0.4, 0.5) is 0 Å². The number of hydrogen-bond acceptors (Lipinski definition) is 4. The van der Waals surface area contributed by atoms with E-state index in [1.165, 1.54) is 0 Å². The quantitative estimate of drug-likeness (QED) is 0.840. The topological polar surface area (TPSA) is 55.8 Å². The van der Waals surface area contributed by atoms with Gasteiger partial charge in [-0.1, -0.05) is 17.7 Å². The third-order valence-electron chi connectivity index (χ3n) is 3.69. The van der Waals surface area contributed by atoms with Crippen LogP contribution in [0, 0.1) is 6.92 Å². The molecule has 0 unspecified atom stereocenters. The average molecular weight is 312 g/mol. The van der Waals surface area contributed by atoms with Gasteiger partial charge in [-0.15, -0.1) is 0 Å². The molecule has 5 heteroatoms. The predicted molar refractivity (Wildman–Crippen MR) is 82.6 cm³/mol. The predicted octanol–water partition coefficient (Wildman–Crippen LogP) is 2.40. The molecule has 1 aromatic rings. The van der Waals surface area contributed by atoms with E-state index in [9.17, 15) is 9.32 Å². The van der Waals surface area contributed by atoms with Gasteiger partial charge in [0, 0.05) is 11.3 Å². The zero-order valence-electron chi connectivity index (χ0n) is 12.7. The normalized spacial score (nSPS) is 20.3. The van der Waals surface area contributed by atoms with E-state index in [0.29, 0.717) is 19.6 Å². The Bertz CT molecular complexity index is 466. The van der Waals surface area contributed by atoms with Crippen LogP contribution in [0.3, 0.4) is 0 Å². The van der Waals surface area contributed by atoms with Crippen LogP contribution >= 0.6 is 0 Å². The van der Waals surface area contributed by atoms with Gasteiger partial charge in [-0.2, -0.15) is 0 Å². The van der Waals surface area contributed by atoms with Crippen molar-refractivity contribution in [1.29, 1.82) is 0 Å². The standard InChI is InChI=1S/C16H24O4S/c1-13-5-7-15(8-6-13)21(18)12-14(17)4-3-9-16(2)19-10-11-20-16/h5-8,14,17H,3-4,9-12H2,1-2H3/t14-,21+/m1/s1. The van der Waals surface area contributed by atoms with Crippen molar-refractivity contribution in [3.63, 3.8) is 0 Å². The van der Waals surface area contributed by atoms with Crippen LogP contribution < -0.4 is 0 Å². The zero-order chi connectivity index (χ0) is 15.3. The second kappa shape index (κ2) is 7.49. The van der Waals surface area contributed by atoms with Gasteiger partial charge >= 0.3 is 0 Å². The fraction of sp³-hybridized carbons (Fsp3) is 0.625. The molecule has 0 saturated carbocycles. The third kappa shape index (κ3) is 5.18. The Hall–Kier alpha value is -0.750. The maximum absolute atomic E-state index is 12.2. The largest absolute Gasteiger partial charge is 0.392 e. The van der Waals surface area contributed by atoms with E-state index < -0.39 is 22.7 Å². The van der Waals surface area contributed by atoms with Crippen molar-refractivity contribution in [3.05, 3.63) is 29.8 Å². The molecule has 1 aliphatic heterocycles. The summed E-state index contributed by atoms with van der Waals surface area (Å²) in [5.74, 6) is -0.225. The first kappa shape index (κ1) is 16.6. The van der Waals surface area contributed by atoms with E-state index in [-0.39, 0.29) is 5.75 Å². The first-order valence-electron chi connectivity index (χ1n) is 7.39. The van der Waals surface area contributed by atoms with Crippen LogP contribution in [0.2, 0.25) is 0 Å². The molecule has 118 valence electrons. The summed E-state index contributed by atoms with van der Waals surface area (Å²) in [7, 11) is -1.15. The Kier molecular flexibility index (Phi) is 5.93. The first-order chi connectivity index (χ1) is 9.98. The molecule has 0 aliphatic carbocycles. The molecule has 1 N–H and O–H groups in total. The van der Waals surface area contributed by atoms with Gasteiger partial charge < -0.3 is 14.6 Å². The molecule has 21 heavy (non-hydrogen) atoms. The van der Waals surface area contributed by atoms with Gasteiger partial charge in [0.1, 0.15) is 0 Å². The maximum atomic E-state index is 12.2. The lowest BCUT2D eigenvalue weighted by molar-refractivity contribution is -0.148. The van der Waals surface area contributed by atoms with E-state index >= 15 is 0 Å². The van der Waals surface area contributed by atoms with E-state index in [0.717, 1.165) is 23.3 Å². The van der Waals surface area contributed by atoms with Gasteiger partial charge in [0.25, 0.3) is 0 Å². The fourth-order valence-corrected chi connectivity index (χ4v) is 3.55. The molecule has 1 fully saturated rings. The summed E-state index contributed by atoms with van der Waals surface area (Å²) in [4.78, 5) is 0.772. The summed E-state index contributed by atoms with van der Waals surface area (Å²) < 4.78 is 23.2. The number of hydrogen-bond donors (Lipinski definition) is 1. The van der Waals surface area contributed by atoms with Crippen molar-refractivity contribution in [2.75, 3.05) is 19.0 Å². The summed E-state index contributed by atoms with van der Waals surface area (Å²) in [6.45, 7) is 5.19. The van der Waals surface area contributed by atoms with E-state index in [2.05, 4.69) is 0 Å². The Morgan fingerprint density at radius 1 is 1.29 bits per heavy atom. The van der Waals surface area contributed by atoms with Crippen LogP contribution in [-0.2, 0) is 20.3 Å². The van der Waals surface area contributed by atoms with Crippen LogP contribution in [0.1, 0.15) is 31.7 Å². The summed E-state index contributed by atoms with van der Waals surface area (Å²) >= 11 is 0. The molecular formula is C16H24O4S. The number of aliphatic hydroxyl groups is 1. The highest BCUT2D eigenvalue weighted by molar-refractivity contribution is 7.85. The highest BCUT2D eigenvalue weighted by Gasteiger charge is 2.30. The second-order valence-electron chi connectivity index (χ2n) is 5.70. The second-order valence-corrected chi connectivity index (χ2v) is 7.20. The molecule has 0 radical (unpaired) electrons.